The fraction of sp³-hybridized carbons (Fsp3) is 0.444. The van der Waals surface area contributed by atoms with Gasteiger partial charge < -0.3 is 5.73 Å². The molecule has 1 aliphatic rings. The third-order valence-electron chi connectivity index (χ3n) is 4.32. The van der Waals surface area contributed by atoms with E-state index in [2.05, 4.69) is 53.6 Å². The van der Waals surface area contributed by atoms with E-state index in [4.69, 9.17) is 5.73 Å². The van der Waals surface area contributed by atoms with Crippen molar-refractivity contribution in [2.24, 2.45) is 5.73 Å². The Hall–Kier alpha value is -1.16. The van der Waals surface area contributed by atoms with Crippen LogP contribution in [-0.2, 0) is 6.54 Å². The standard InChI is InChI=1S/C18H24N2S/c1-14-5-2-3-7-17(14)18(19)10-11-20(15-8-9-15)13-16-6-4-12-21-16/h2-7,12,15,18H,8-11,13,19H2,1H3. The summed E-state index contributed by atoms with van der Waals surface area (Å²) in [4.78, 5) is 4.08. The van der Waals surface area contributed by atoms with E-state index in [9.17, 15) is 0 Å². The van der Waals surface area contributed by atoms with Gasteiger partial charge in [-0.15, -0.1) is 11.3 Å². The Morgan fingerprint density at radius 3 is 2.71 bits per heavy atom. The molecule has 0 saturated heterocycles. The fourth-order valence-electron chi connectivity index (χ4n) is 2.90. The molecule has 1 saturated carbocycles. The van der Waals surface area contributed by atoms with Gasteiger partial charge in [0.1, 0.15) is 0 Å². The topological polar surface area (TPSA) is 29.3 Å². The molecule has 3 heteroatoms. The van der Waals surface area contributed by atoms with Gasteiger partial charge in [0.05, 0.1) is 0 Å². The van der Waals surface area contributed by atoms with Gasteiger partial charge in [0.25, 0.3) is 0 Å². The third-order valence-corrected chi connectivity index (χ3v) is 5.18. The van der Waals surface area contributed by atoms with Gasteiger partial charge in [0.15, 0.2) is 0 Å². The Balaban J connectivity index is 1.58. The van der Waals surface area contributed by atoms with Gasteiger partial charge in [-0.05, 0) is 48.8 Å². The molecule has 2 nitrogen and oxygen atoms in total. The molecule has 2 aromatic rings. The Morgan fingerprint density at radius 1 is 1.24 bits per heavy atom. The smallest absolute Gasteiger partial charge is 0.0330 e. The monoisotopic (exact) mass is 300 g/mol. The van der Waals surface area contributed by atoms with Crippen molar-refractivity contribution in [3.63, 3.8) is 0 Å². The zero-order chi connectivity index (χ0) is 14.7. The SMILES string of the molecule is Cc1ccccc1C(N)CCN(Cc1cccs1)C1CC1. The number of rotatable bonds is 7. The Kier molecular flexibility index (Phi) is 4.73. The minimum Gasteiger partial charge on any atom is -0.324 e. The van der Waals surface area contributed by atoms with Gasteiger partial charge in [-0.1, -0.05) is 30.3 Å². The molecule has 1 unspecified atom stereocenters. The maximum Gasteiger partial charge on any atom is 0.0330 e. The molecule has 1 heterocycles. The summed E-state index contributed by atoms with van der Waals surface area (Å²) in [6.07, 6.45) is 3.74. The molecule has 1 aromatic carbocycles. The van der Waals surface area contributed by atoms with Gasteiger partial charge in [0, 0.05) is 30.1 Å². The number of benzene rings is 1. The molecular weight excluding hydrogens is 276 g/mol. The number of hydrogen-bond acceptors (Lipinski definition) is 3. The summed E-state index contributed by atoms with van der Waals surface area (Å²) in [7, 11) is 0. The highest BCUT2D eigenvalue weighted by atomic mass is 32.1. The molecule has 0 bridgehead atoms. The van der Waals surface area contributed by atoms with Gasteiger partial charge in [-0.2, -0.15) is 0 Å². The predicted octanol–water partition coefficient (Wildman–Crippen LogP) is 4.11. The van der Waals surface area contributed by atoms with E-state index in [-0.39, 0.29) is 6.04 Å². The molecular formula is C18H24N2S. The second-order valence-electron chi connectivity index (χ2n) is 6.03. The first kappa shape index (κ1) is 14.8. The lowest BCUT2D eigenvalue weighted by atomic mass is 9.99. The van der Waals surface area contributed by atoms with Crippen molar-refractivity contribution in [1.29, 1.82) is 0 Å². The molecule has 1 aliphatic carbocycles. The molecule has 0 aliphatic heterocycles. The van der Waals surface area contributed by atoms with Crippen LogP contribution in [0.2, 0.25) is 0 Å². The van der Waals surface area contributed by atoms with Crippen LogP contribution in [0.1, 0.15) is 41.3 Å². The Bertz CT molecular complexity index is 560. The van der Waals surface area contributed by atoms with E-state index in [0.717, 1.165) is 25.6 Å². The molecule has 1 fully saturated rings. The van der Waals surface area contributed by atoms with Crippen LogP contribution in [0, 0.1) is 6.92 Å². The highest BCUT2D eigenvalue weighted by molar-refractivity contribution is 7.09. The quantitative estimate of drug-likeness (QED) is 0.833. The first-order valence-corrected chi connectivity index (χ1v) is 8.69. The summed E-state index contributed by atoms with van der Waals surface area (Å²) in [5.41, 5.74) is 9.02. The first-order valence-electron chi connectivity index (χ1n) is 7.81. The van der Waals surface area contributed by atoms with Crippen molar-refractivity contribution >= 4 is 11.3 Å². The summed E-state index contributed by atoms with van der Waals surface area (Å²) < 4.78 is 0. The van der Waals surface area contributed by atoms with Crippen molar-refractivity contribution in [3.8, 4) is 0 Å². The van der Waals surface area contributed by atoms with Crippen molar-refractivity contribution in [2.45, 2.75) is 44.8 Å². The lowest BCUT2D eigenvalue weighted by Crippen LogP contribution is -2.29. The highest BCUT2D eigenvalue weighted by Gasteiger charge is 2.29. The molecule has 112 valence electrons. The molecule has 0 amide bonds. The van der Waals surface area contributed by atoms with Gasteiger partial charge in [-0.25, -0.2) is 0 Å². The second-order valence-corrected chi connectivity index (χ2v) is 7.07. The summed E-state index contributed by atoms with van der Waals surface area (Å²) in [5, 5.41) is 2.17. The number of nitrogens with two attached hydrogens (primary N) is 1. The van der Waals surface area contributed by atoms with E-state index < -0.39 is 0 Å². The Labute approximate surface area is 131 Å². The van der Waals surface area contributed by atoms with E-state index in [1.807, 2.05) is 11.3 Å². The average Bonchev–Trinajstić information content (AvgIpc) is 3.21. The van der Waals surface area contributed by atoms with Crippen LogP contribution in [0.15, 0.2) is 41.8 Å². The molecule has 0 spiro atoms. The lowest BCUT2D eigenvalue weighted by Gasteiger charge is -2.24. The maximum atomic E-state index is 6.41. The summed E-state index contributed by atoms with van der Waals surface area (Å²) in [5.74, 6) is 0. The lowest BCUT2D eigenvalue weighted by molar-refractivity contribution is 0.246. The number of aryl methyl sites for hydroxylation is 1. The molecule has 1 aromatic heterocycles. The van der Waals surface area contributed by atoms with Gasteiger partial charge in [0.2, 0.25) is 0 Å². The summed E-state index contributed by atoms with van der Waals surface area (Å²) >= 11 is 1.86. The normalized spacial score (nSPS) is 16.3. The summed E-state index contributed by atoms with van der Waals surface area (Å²) in [6, 6.07) is 13.8. The number of nitrogens with zero attached hydrogens (tertiary/aromatic N) is 1. The third kappa shape index (κ3) is 3.94. The minimum absolute atomic E-state index is 0.149. The maximum absolute atomic E-state index is 6.41. The van der Waals surface area contributed by atoms with Gasteiger partial charge >= 0.3 is 0 Å². The molecule has 2 N–H and O–H groups in total. The molecule has 3 rings (SSSR count). The van der Waals surface area contributed by atoms with Crippen LogP contribution in [0.5, 0.6) is 0 Å². The predicted molar refractivity (Wildman–Crippen MR) is 90.5 cm³/mol. The highest BCUT2D eigenvalue weighted by Crippen LogP contribution is 2.30. The van der Waals surface area contributed by atoms with E-state index >= 15 is 0 Å². The number of thiophene rings is 1. The molecule has 21 heavy (non-hydrogen) atoms. The Morgan fingerprint density at radius 2 is 2.05 bits per heavy atom. The van der Waals surface area contributed by atoms with E-state index in [1.54, 1.807) is 0 Å². The van der Waals surface area contributed by atoms with Crippen molar-refractivity contribution in [1.82, 2.24) is 4.90 Å². The number of hydrogen-bond donors (Lipinski definition) is 1. The van der Waals surface area contributed by atoms with E-state index in [0.29, 0.717) is 0 Å². The van der Waals surface area contributed by atoms with Crippen LogP contribution >= 0.6 is 11.3 Å². The van der Waals surface area contributed by atoms with Crippen molar-refractivity contribution < 1.29 is 0 Å². The van der Waals surface area contributed by atoms with E-state index in [1.165, 1.54) is 28.8 Å². The zero-order valence-corrected chi connectivity index (χ0v) is 13.5. The molecule has 1 atom stereocenters. The van der Waals surface area contributed by atoms with Crippen LogP contribution < -0.4 is 5.73 Å². The zero-order valence-electron chi connectivity index (χ0n) is 12.7. The van der Waals surface area contributed by atoms with Gasteiger partial charge in [-0.3, -0.25) is 4.90 Å². The van der Waals surface area contributed by atoms with Crippen molar-refractivity contribution in [2.75, 3.05) is 6.54 Å². The molecule has 0 radical (unpaired) electrons. The first-order chi connectivity index (χ1) is 10.2. The average molecular weight is 300 g/mol. The summed E-state index contributed by atoms with van der Waals surface area (Å²) in [6.45, 7) is 4.33. The largest absolute Gasteiger partial charge is 0.324 e. The minimum atomic E-state index is 0.149. The van der Waals surface area contributed by atoms with Crippen molar-refractivity contribution in [3.05, 3.63) is 57.8 Å². The van der Waals surface area contributed by atoms with Crippen LogP contribution in [0.25, 0.3) is 0 Å². The fourth-order valence-corrected chi connectivity index (χ4v) is 3.63. The second kappa shape index (κ2) is 6.73. The van der Waals surface area contributed by atoms with Crippen LogP contribution in [-0.4, -0.2) is 17.5 Å². The van der Waals surface area contributed by atoms with Crippen LogP contribution in [0.4, 0.5) is 0 Å². The van der Waals surface area contributed by atoms with Crippen LogP contribution in [0.3, 0.4) is 0 Å².